The van der Waals surface area contributed by atoms with Crippen molar-refractivity contribution in [1.82, 2.24) is 14.8 Å². The molecule has 1 saturated carbocycles. The number of aromatic amines is 1. The Balaban J connectivity index is 1.75. The van der Waals surface area contributed by atoms with Gasteiger partial charge in [0.25, 0.3) is 5.56 Å². The van der Waals surface area contributed by atoms with Crippen LogP contribution in [0.5, 0.6) is 11.5 Å². The fourth-order valence-corrected chi connectivity index (χ4v) is 4.80. The zero-order chi connectivity index (χ0) is 24.8. The van der Waals surface area contributed by atoms with Gasteiger partial charge in [0.05, 0.1) is 21.1 Å². The molecule has 3 N–H and O–H groups in total. The number of ketones is 1. The van der Waals surface area contributed by atoms with E-state index in [4.69, 9.17) is 33.7 Å². The van der Waals surface area contributed by atoms with Gasteiger partial charge in [-0.05, 0) is 49.1 Å². The summed E-state index contributed by atoms with van der Waals surface area (Å²) in [7, 11) is 0. The van der Waals surface area contributed by atoms with Crippen LogP contribution in [0.25, 0.3) is 5.69 Å². The maximum Gasteiger partial charge on any atom is 0.349 e. The van der Waals surface area contributed by atoms with Gasteiger partial charge in [0.15, 0.2) is 5.75 Å². The third kappa shape index (κ3) is 3.99. The first kappa shape index (κ1) is 24.0. The number of carbonyl (C=O) groups is 1. The minimum absolute atomic E-state index is 0.00602. The average Bonchev–Trinajstić information content (AvgIpc) is 2.75. The molecule has 34 heavy (non-hydrogen) atoms. The minimum Gasteiger partial charge on any atom is -0.454 e. The molecular weight excluding hydrogens is 486 g/mol. The summed E-state index contributed by atoms with van der Waals surface area (Å²) in [4.78, 5) is 38.3. The number of nitrogen functional groups attached to an aromatic ring is 1. The van der Waals surface area contributed by atoms with Crippen LogP contribution in [0.1, 0.15) is 43.7 Å². The lowest BCUT2D eigenvalue weighted by Gasteiger charge is -2.42. The zero-order valence-electron chi connectivity index (χ0n) is 18.4. The summed E-state index contributed by atoms with van der Waals surface area (Å²) >= 11 is 12.7. The Labute approximate surface area is 203 Å². The molecule has 1 fully saturated rings. The molecule has 1 aliphatic rings. The smallest absolute Gasteiger partial charge is 0.349 e. The first-order valence-electron chi connectivity index (χ1n) is 10.6. The summed E-state index contributed by atoms with van der Waals surface area (Å²) in [5, 5.41) is 3.75. The van der Waals surface area contributed by atoms with Gasteiger partial charge in [-0.3, -0.25) is 14.6 Å². The van der Waals surface area contributed by atoms with E-state index in [9.17, 15) is 18.8 Å². The van der Waals surface area contributed by atoms with Crippen molar-refractivity contribution in [1.29, 1.82) is 0 Å². The molecule has 0 atom stereocenters. The molecule has 0 radical (unpaired) electrons. The average molecular weight is 507 g/mol. The topological polar surface area (TPSA) is 120 Å². The number of benzene rings is 2. The molecule has 0 unspecified atom stereocenters. The van der Waals surface area contributed by atoms with Gasteiger partial charge < -0.3 is 10.5 Å². The largest absolute Gasteiger partial charge is 0.454 e. The van der Waals surface area contributed by atoms with Gasteiger partial charge in [-0.25, -0.2) is 9.18 Å². The van der Waals surface area contributed by atoms with Gasteiger partial charge in [0, 0.05) is 12.5 Å². The Kier molecular flexibility index (Phi) is 6.26. The van der Waals surface area contributed by atoms with Gasteiger partial charge >= 0.3 is 5.69 Å². The molecule has 0 amide bonds. The van der Waals surface area contributed by atoms with E-state index >= 15 is 0 Å². The molecule has 0 saturated heterocycles. The lowest BCUT2D eigenvalue weighted by Crippen LogP contribution is -2.42. The summed E-state index contributed by atoms with van der Waals surface area (Å²) in [6.45, 7) is 3.44. The molecule has 3 aromatic rings. The number of halogens is 3. The van der Waals surface area contributed by atoms with E-state index in [1.54, 1.807) is 19.9 Å². The van der Waals surface area contributed by atoms with Crippen molar-refractivity contribution in [2.24, 2.45) is 0 Å². The molecule has 1 aromatic heterocycles. The molecule has 178 valence electrons. The van der Waals surface area contributed by atoms with Crippen molar-refractivity contribution in [2.75, 3.05) is 5.73 Å². The molecule has 0 spiro atoms. The molecule has 4 rings (SSSR count). The second-order valence-corrected chi connectivity index (χ2v) is 9.00. The molecule has 1 heterocycles. The Hall–Kier alpha value is -3.17. The maximum atomic E-state index is 14.9. The van der Waals surface area contributed by atoms with Gasteiger partial charge in [0.2, 0.25) is 5.82 Å². The van der Waals surface area contributed by atoms with Crippen LogP contribution in [0.4, 0.5) is 10.2 Å². The molecular formula is C23H21Cl2FN4O4. The van der Waals surface area contributed by atoms with Crippen LogP contribution < -0.4 is 21.7 Å². The van der Waals surface area contributed by atoms with E-state index in [0.717, 1.165) is 11.1 Å². The highest BCUT2D eigenvalue weighted by Crippen LogP contribution is 2.48. The lowest BCUT2D eigenvalue weighted by atomic mass is 9.60. The second-order valence-electron chi connectivity index (χ2n) is 8.19. The predicted octanol–water partition coefficient (Wildman–Crippen LogP) is 4.45. The van der Waals surface area contributed by atoms with E-state index in [1.807, 2.05) is 4.98 Å². The molecule has 8 nitrogen and oxygen atoms in total. The number of anilines is 1. The Bertz CT molecular complexity index is 1410. The molecule has 1 aliphatic carbocycles. The van der Waals surface area contributed by atoms with Crippen molar-refractivity contribution in [2.45, 2.75) is 44.9 Å². The monoisotopic (exact) mass is 506 g/mol. The summed E-state index contributed by atoms with van der Waals surface area (Å²) in [5.41, 5.74) is 4.26. The van der Waals surface area contributed by atoms with Gasteiger partial charge in [-0.2, -0.15) is 4.68 Å². The highest BCUT2D eigenvalue weighted by Gasteiger charge is 2.45. The van der Waals surface area contributed by atoms with Crippen LogP contribution in [0.2, 0.25) is 10.0 Å². The molecule has 0 aliphatic heterocycles. The first-order chi connectivity index (χ1) is 16.1. The number of rotatable bonds is 6. The predicted molar refractivity (Wildman–Crippen MR) is 127 cm³/mol. The van der Waals surface area contributed by atoms with Crippen LogP contribution in [0, 0.1) is 12.7 Å². The number of hydrogen-bond acceptors (Lipinski definition) is 6. The van der Waals surface area contributed by atoms with Crippen LogP contribution in [0.15, 0.2) is 33.9 Å². The van der Waals surface area contributed by atoms with Crippen LogP contribution in [-0.4, -0.2) is 20.5 Å². The van der Waals surface area contributed by atoms with E-state index in [-0.39, 0.29) is 33.0 Å². The Morgan fingerprint density at radius 2 is 1.88 bits per heavy atom. The van der Waals surface area contributed by atoms with Gasteiger partial charge in [-0.15, -0.1) is 5.10 Å². The molecule has 0 bridgehead atoms. The number of carbonyl (C=O) groups excluding carboxylic acids is 1. The van der Waals surface area contributed by atoms with Gasteiger partial charge in [-0.1, -0.05) is 36.5 Å². The van der Waals surface area contributed by atoms with Crippen LogP contribution in [0.3, 0.4) is 0 Å². The van der Waals surface area contributed by atoms with Crippen LogP contribution in [-0.2, 0) is 10.2 Å². The van der Waals surface area contributed by atoms with Crippen molar-refractivity contribution in [3.63, 3.8) is 0 Å². The van der Waals surface area contributed by atoms with E-state index in [2.05, 4.69) is 5.10 Å². The third-order valence-corrected chi connectivity index (χ3v) is 6.76. The normalized spacial score (nSPS) is 14.5. The van der Waals surface area contributed by atoms with Crippen molar-refractivity contribution >= 4 is 34.8 Å². The first-order valence-corrected chi connectivity index (χ1v) is 11.3. The number of H-pyrrole nitrogens is 1. The Morgan fingerprint density at radius 3 is 2.44 bits per heavy atom. The minimum atomic E-state index is -0.836. The van der Waals surface area contributed by atoms with Crippen molar-refractivity contribution < 1.29 is 13.9 Å². The number of Topliss-reactive ketones (excluding diaryl/α,β-unsaturated/α-hetero) is 1. The summed E-state index contributed by atoms with van der Waals surface area (Å²) in [6, 6.07) is 5.54. The Morgan fingerprint density at radius 1 is 1.24 bits per heavy atom. The fourth-order valence-electron chi connectivity index (χ4n) is 4.25. The summed E-state index contributed by atoms with van der Waals surface area (Å²) < 4.78 is 21.5. The summed E-state index contributed by atoms with van der Waals surface area (Å²) in [6.07, 6.45) is 2.56. The molecule has 11 heteroatoms. The van der Waals surface area contributed by atoms with E-state index < -0.39 is 28.3 Å². The van der Waals surface area contributed by atoms with E-state index in [0.29, 0.717) is 30.4 Å². The second kappa shape index (κ2) is 8.88. The zero-order valence-corrected chi connectivity index (χ0v) is 19.9. The SMILES string of the molecule is CCC(=O)C1(c2cc(Oc3c(Cl)cc(-n4nc(N)c(=O)[nH]c4=O)cc3Cl)cc(F)c2C)CCC1. The van der Waals surface area contributed by atoms with Crippen molar-refractivity contribution in [3.8, 4) is 17.2 Å². The number of nitrogens with one attached hydrogen (secondary N) is 1. The fraction of sp³-hybridized carbons (Fsp3) is 0.304. The quantitative estimate of drug-likeness (QED) is 0.509. The van der Waals surface area contributed by atoms with E-state index in [1.165, 1.54) is 18.2 Å². The number of nitrogens with two attached hydrogens (primary N) is 1. The standard InChI is InChI=1S/C23H21Cl2FN4O4/c1-3-18(31)23(5-4-6-23)14-9-13(10-17(26)11(14)2)34-19-15(24)7-12(8-16(19)25)30-22(33)28-21(32)20(27)29-30/h7-10H,3-6H2,1-2H3,(H2,27,29)(H,28,32,33). The number of aromatic nitrogens is 3. The highest BCUT2D eigenvalue weighted by atomic mass is 35.5. The highest BCUT2D eigenvalue weighted by molar-refractivity contribution is 6.37. The lowest BCUT2D eigenvalue weighted by molar-refractivity contribution is -0.127. The van der Waals surface area contributed by atoms with Crippen LogP contribution >= 0.6 is 23.2 Å². The van der Waals surface area contributed by atoms with Gasteiger partial charge in [0.1, 0.15) is 17.3 Å². The third-order valence-electron chi connectivity index (χ3n) is 6.20. The maximum absolute atomic E-state index is 14.9. The summed E-state index contributed by atoms with van der Waals surface area (Å²) in [5.74, 6) is -0.700. The van der Waals surface area contributed by atoms with Crippen molar-refractivity contribution in [3.05, 3.63) is 72.1 Å². The molecule has 2 aromatic carbocycles. The number of ether oxygens (including phenoxy) is 1. The number of hydrogen-bond donors (Lipinski definition) is 2. The number of nitrogens with zero attached hydrogens (tertiary/aromatic N) is 2.